The van der Waals surface area contributed by atoms with Crippen molar-refractivity contribution in [3.05, 3.63) is 54.9 Å². The van der Waals surface area contributed by atoms with Crippen LogP contribution in [0.4, 0.5) is 22.9 Å². The molecule has 172 valence electrons. The monoisotopic (exact) mass is 457 g/mol. The van der Waals surface area contributed by atoms with Gasteiger partial charge in [0, 0.05) is 36.8 Å². The number of hydrogen-bond donors (Lipinski definition) is 2. The molecule has 0 bridgehead atoms. The summed E-state index contributed by atoms with van der Waals surface area (Å²) in [5.74, 6) is 0.863. The van der Waals surface area contributed by atoms with Crippen LogP contribution in [-0.2, 0) is 9.59 Å². The zero-order chi connectivity index (χ0) is 23.2. The molecule has 2 saturated heterocycles. The Balaban J connectivity index is 1.18. The topological polar surface area (TPSA) is 108 Å². The van der Waals surface area contributed by atoms with Crippen LogP contribution in [0.3, 0.4) is 0 Å². The molecule has 2 amide bonds. The quantitative estimate of drug-likeness (QED) is 0.620. The van der Waals surface area contributed by atoms with Gasteiger partial charge in [0.15, 0.2) is 0 Å². The van der Waals surface area contributed by atoms with E-state index in [1.54, 1.807) is 23.4 Å². The Morgan fingerprint density at radius 2 is 1.85 bits per heavy atom. The van der Waals surface area contributed by atoms with Gasteiger partial charge in [-0.1, -0.05) is 12.1 Å². The van der Waals surface area contributed by atoms with Crippen molar-refractivity contribution in [2.45, 2.75) is 31.4 Å². The van der Waals surface area contributed by atoms with E-state index in [4.69, 9.17) is 4.74 Å². The fraction of sp³-hybridized carbons (Fsp3) is 0.280. The third-order valence-electron chi connectivity index (χ3n) is 6.51. The van der Waals surface area contributed by atoms with Gasteiger partial charge in [-0.3, -0.25) is 14.5 Å². The molecule has 2 fully saturated rings. The van der Waals surface area contributed by atoms with Crippen LogP contribution in [0.15, 0.2) is 54.9 Å². The summed E-state index contributed by atoms with van der Waals surface area (Å²) in [4.78, 5) is 36.6. The van der Waals surface area contributed by atoms with Crippen molar-refractivity contribution in [2.24, 2.45) is 0 Å². The zero-order valence-corrected chi connectivity index (χ0v) is 18.3. The molecule has 2 N–H and O–H groups in total. The summed E-state index contributed by atoms with van der Waals surface area (Å²) in [5.41, 5.74) is 4.11. The van der Waals surface area contributed by atoms with E-state index in [1.807, 2.05) is 41.3 Å². The number of anilines is 4. The molecule has 3 aliphatic heterocycles. The lowest BCUT2D eigenvalue weighted by atomic mass is 10.1. The summed E-state index contributed by atoms with van der Waals surface area (Å²) in [6.07, 6.45) is 4.28. The molecule has 3 aliphatic rings. The van der Waals surface area contributed by atoms with Crippen LogP contribution < -0.4 is 19.9 Å². The minimum absolute atomic E-state index is 0.175. The van der Waals surface area contributed by atoms with Gasteiger partial charge in [0.25, 0.3) is 5.91 Å². The van der Waals surface area contributed by atoms with Crippen LogP contribution in [0.25, 0.3) is 11.1 Å². The third-order valence-corrected chi connectivity index (χ3v) is 6.51. The second-order valence-corrected chi connectivity index (χ2v) is 8.73. The number of nitrogens with one attached hydrogen (secondary N) is 1. The molecule has 34 heavy (non-hydrogen) atoms. The number of benzene rings is 1. The van der Waals surface area contributed by atoms with Crippen LogP contribution >= 0.6 is 0 Å². The zero-order valence-electron chi connectivity index (χ0n) is 18.3. The number of aliphatic hydroxyl groups excluding tert-OH is 1. The third kappa shape index (κ3) is 3.54. The first-order valence-electron chi connectivity index (χ1n) is 11.3. The van der Waals surface area contributed by atoms with Crippen LogP contribution in [0.2, 0.25) is 0 Å². The van der Waals surface area contributed by atoms with Crippen molar-refractivity contribution in [3.63, 3.8) is 0 Å². The van der Waals surface area contributed by atoms with Crippen molar-refractivity contribution in [1.82, 2.24) is 9.97 Å². The molecule has 0 aliphatic carbocycles. The lowest BCUT2D eigenvalue weighted by molar-refractivity contribution is -0.124. The number of carbonyl (C=O) groups is 2. The first kappa shape index (κ1) is 20.6. The van der Waals surface area contributed by atoms with E-state index >= 15 is 0 Å². The standard InChI is InChI=1S/C25H23N5O4/c31-21-11-19-14-34-24-20(30(19)25(21)33)10-17(13-27-24)28-22-8-5-16(12-26-22)15-3-6-18(7-4-15)29-9-1-2-23(29)32/h3-8,10,12-13,19,21,31H,1-2,9,11,14H2,(H,26,28)/t19-,21?/m0/s1. The van der Waals surface area contributed by atoms with E-state index in [1.165, 1.54) is 0 Å². The number of ether oxygens (including phenoxy) is 1. The first-order valence-corrected chi connectivity index (χ1v) is 11.3. The molecule has 6 rings (SSSR count). The summed E-state index contributed by atoms with van der Waals surface area (Å²) >= 11 is 0. The molecule has 9 nitrogen and oxygen atoms in total. The normalized spacial score (nSPS) is 21.3. The predicted octanol–water partition coefficient (Wildman–Crippen LogP) is 2.87. The number of aromatic nitrogens is 2. The van der Waals surface area contributed by atoms with Crippen molar-refractivity contribution in [3.8, 4) is 17.0 Å². The highest BCUT2D eigenvalue weighted by Crippen LogP contribution is 2.39. The Hall–Kier alpha value is -3.98. The highest BCUT2D eigenvalue weighted by atomic mass is 16.5. The van der Waals surface area contributed by atoms with Crippen LogP contribution in [0.5, 0.6) is 5.88 Å². The van der Waals surface area contributed by atoms with Crippen LogP contribution in [-0.4, -0.2) is 52.2 Å². The number of rotatable bonds is 4. The first-order chi connectivity index (χ1) is 16.6. The van der Waals surface area contributed by atoms with Crippen molar-refractivity contribution >= 4 is 34.7 Å². The lowest BCUT2D eigenvalue weighted by Crippen LogP contribution is -2.41. The smallest absolute Gasteiger partial charge is 0.256 e. The van der Waals surface area contributed by atoms with Gasteiger partial charge >= 0.3 is 0 Å². The Morgan fingerprint density at radius 3 is 2.59 bits per heavy atom. The Bertz CT molecular complexity index is 1260. The van der Waals surface area contributed by atoms with Crippen molar-refractivity contribution in [1.29, 1.82) is 0 Å². The van der Waals surface area contributed by atoms with Crippen LogP contribution in [0, 0.1) is 0 Å². The summed E-state index contributed by atoms with van der Waals surface area (Å²) < 4.78 is 5.67. The van der Waals surface area contributed by atoms with E-state index in [2.05, 4.69) is 15.3 Å². The second kappa shape index (κ2) is 8.11. The fourth-order valence-electron chi connectivity index (χ4n) is 4.77. The van der Waals surface area contributed by atoms with Gasteiger partial charge in [0.2, 0.25) is 11.8 Å². The number of amides is 2. The number of carbonyl (C=O) groups excluding carboxylic acids is 2. The van der Waals surface area contributed by atoms with Gasteiger partial charge in [-0.05, 0) is 42.3 Å². The van der Waals surface area contributed by atoms with E-state index < -0.39 is 6.10 Å². The van der Waals surface area contributed by atoms with E-state index in [9.17, 15) is 14.7 Å². The number of hydrogen-bond acceptors (Lipinski definition) is 7. The van der Waals surface area contributed by atoms with Gasteiger partial charge in [0.05, 0.1) is 17.9 Å². The maximum Gasteiger partial charge on any atom is 0.256 e. The molecule has 3 aromatic rings. The molecule has 0 saturated carbocycles. The highest BCUT2D eigenvalue weighted by molar-refractivity contribution is 6.01. The molecule has 9 heteroatoms. The average Bonchev–Trinajstić information content (AvgIpc) is 3.42. The molecular weight excluding hydrogens is 434 g/mol. The fourth-order valence-corrected chi connectivity index (χ4v) is 4.77. The molecule has 2 aromatic heterocycles. The summed E-state index contributed by atoms with van der Waals surface area (Å²) in [6.45, 7) is 1.10. The van der Waals surface area contributed by atoms with Crippen molar-refractivity contribution in [2.75, 3.05) is 28.3 Å². The number of nitrogens with zero attached hydrogens (tertiary/aromatic N) is 4. The summed E-state index contributed by atoms with van der Waals surface area (Å²) in [7, 11) is 0. The maximum atomic E-state index is 12.4. The van der Waals surface area contributed by atoms with Gasteiger partial charge in [-0.2, -0.15) is 0 Å². The molecule has 2 atom stereocenters. The second-order valence-electron chi connectivity index (χ2n) is 8.73. The van der Waals surface area contributed by atoms with Gasteiger partial charge in [0.1, 0.15) is 24.2 Å². The number of fused-ring (bicyclic) bond motifs is 3. The minimum Gasteiger partial charge on any atom is -0.474 e. The Labute approximate surface area is 196 Å². The Morgan fingerprint density at radius 1 is 1.03 bits per heavy atom. The molecule has 0 spiro atoms. The van der Waals surface area contributed by atoms with E-state index in [0.717, 1.165) is 29.8 Å². The largest absolute Gasteiger partial charge is 0.474 e. The SMILES string of the molecule is O=C1CCCN1c1ccc(-c2ccc(Nc3cnc4c(c3)N3C(=O)C(O)C[C@H]3CO4)nc2)cc1. The summed E-state index contributed by atoms with van der Waals surface area (Å²) in [5, 5.41) is 13.2. The molecule has 1 aromatic carbocycles. The number of aliphatic hydroxyl groups is 1. The molecule has 5 heterocycles. The van der Waals surface area contributed by atoms with Gasteiger partial charge in [-0.15, -0.1) is 0 Å². The highest BCUT2D eigenvalue weighted by Gasteiger charge is 2.43. The molecule has 1 unspecified atom stereocenters. The van der Waals surface area contributed by atoms with Crippen LogP contribution in [0.1, 0.15) is 19.3 Å². The summed E-state index contributed by atoms with van der Waals surface area (Å²) in [6, 6.07) is 13.4. The van der Waals surface area contributed by atoms with Crippen molar-refractivity contribution < 1.29 is 19.4 Å². The Kier molecular flexibility index (Phi) is 4.91. The molecular formula is C25H23N5O4. The predicted molar refractivity (Wildman–Crippen MR) is 126 cm³/mol. The van der Waals surface area contributed by atoms with E-state index in [0.29, 0.717) is 42.5 Å². The number of pyridine rings is 2. The van der Waals surface area contributed by atoms with Gasteiger partial charge in [-0.25, -0.2) is 9.97 Å². The average molecular weight is 457 g/mol. The molecule has 0 radical (unpaired) electrons. The lowest BCUT2D eigenvalue weighted by Gasteiger charge is -2.31. The van der Waals surface area contributed by atoms with Gasteiger partial charge < -0.3 is 20.1 Å². The maximum absolute atomic E-state index is 12.4. The van der Waals surface area contributed by atoms with E-state index in [-0.39, 0.29) is 17.9 Å². The minimum atomic E-state index is -1.00.